The van der Waals surface area contributed by atoms with Gasteiger partial charge in [0.05, 0.1) is 38.0 Å². The first-order valence-corrected chi connectivity index (χ1v) is 25.3. The lowest BCUT2D eigenvalue weighted by Gasteiger charge is -2.26. The van der Waals surface area contributed by atoms with Crippen LogP contribution in [0.1, 0.15) is 56.0 Å². The maximum absolute atomic E-state index is 14.9. The number of nitrogens with one attached hydrogen (secondary N) is 5. The van der Waals surface area contributed by atoms with Crippen LogP contribution in [0.2, 0.25) is 0 Å². The third kappa shape index (κ3) is 14.1. The number of hydrogen-bond acceptors (Lipinski definition) is 15. The number of esters is 2. The summed E-state index contributed by atoms with van der Waals surface area (Å²) >= 11 is 0. The number of H-pyrrole nitrogens is 1. The number of hydrogen-bond donors (Lipinski definition) is 6. The molecule has 4 amide bonds. The van der Waals surface area contributed by atoms with Gasteiger partial charge < -0.3 is 50.0 Å². The van der Waals surface area contributed by atoms with Gasteiger partial charge in [0.25, 0.3) is 5.91 Å². The van der Waals surface area contributed by atoms with E-state index < -0.39 is 127 Å². The number of para-hydroxylation sites is 3. The van der Waals surface area contributed by atoms with E-state index in [1.807, 2.05) is 0 Å². The number of aromatic nitrogens is 3. The molecule has 0 saturated carbocycles. The number of carbonyl (C=O) groups excluding carboxylic acids is 8. The van der Waals surface area contributed by atoms with Crippen molar-refractivity contribution in [2.45, 2.75) is 62.4 Å². The molecule has 6 aromatic rings. The number of aromatic amines is 1. The SMILES string of the molecule is COC(=O)CCC(NC(=O)C(Cc1cn(C(=O)C(F)(F)F)c2ccccc12)NC(=O)c1ccc(-c2c3ccc(=O)cc-3oc3ccccc23)c(C(=O)O)c1)C(=O)NC(Cc1cnc[nH]1)C(=O)NC(CC(=O)OC)C(=O)COc1ccccc1. The number of rotatable bonds is 23. The molecule has 3 heterocycles. The topological polar surface area (TPSA) is 313 Å². The summed E-state index contributed by atoms with van der Waals surface area (Å²) < 4.78 is 63.4. The van der Waals surface area contributed by atoms with Crippen LogP contribution in [-0.2, 0) is 51.1 Å². The Morgan fingerprint density at radius 3 is 2.04 bits per heavy atom. The van der Waals surface area contributed by atoms with Gasteiger partial charge in [-0.2, -0.15) is 13.2 Å². The molecule has 25 heteroatoms. The first-order valence-electron chi connectivity index (χ1n) is 25.3. The van der Waals surface area contributed by atoms with Crippen LogP contribution in [0.4, 0.5) is 13.2 Å². The van der Waals surface area contributed by atoms with Crippen molar-refractivity contribution in [3.63, 3.8) is 0 Å². The third-order valence-corrected chi connectivity index (χ3v) is 13.2. The van der Waals surface area contributed by atoms with Gasteiger partial charge in [0, 0.05) is 70.9 Å². The minimum atomic E-state index is -5.37. The number of imidazole rings is 1. The van der Waals surface area contributed by atoms with Gasteiger partial charge in [-0.05, 0) is 66.1 Å². The Kier molecular flexibility index (Phi) is 18.2. The van der Waals surface area contributed by atoms with E-state index in [2.05, 4.69) is 31.2 Å². The molecule has 6 N–H and O–H groups in total. The quantitative estimate of drug-likeness (QED) is 0.0348. The van der Waals surface area contributed by atoms with Gasteiger partial charge in [-0.15, -0.1) is 0 Å². The zero-order chi connectivity index (χ0) is 59.5. The molecular formula is C58H50F3N7O15. The Balaban J connectivity index is 1.14. The maximum atomic E-state index is 14.9. The van der Waals surface area contributed by atoms with Crippen LogP contribution >= 0.6 is 0 Å². The first-order chi connectivity index (χ1) is 39.7. The highest BCUT2D eigenvalue weighted by Crippen LogP contribution is 2.41. The summed E-state index contributed by atoms with van der Waals surface area (Å²) in [6, 6.07) is 20.8. The number of benzene rings is 5. The highest BCUT2D eigenvalue weighted by atomic mass is 19.4. The predicted molar refractivity (Wildman–Crippen MR) is 288 cm³/mol. The Morgan fingerprint density at radius 2 is 1.35 bits per heavy atom. The van der Waals surface area contributed by atoms with Crippen molar-refractivity contribution in [3.05, 3.63) is 167 Å². The number of carbonyl (C=O) groups is 9. The van der Waals surface area contributed by atoms with Crippen LogP contribution in [0.15, 0.2) is 143 Å². The van der Waals surface area contributed by atoms with Crippen LogP contribution in [0, 0.1) is 0 Å². The fourth-order valence-corrected chi connectivity index (χ4v) is 9.12. The van der Waals surface area contributed by atoms with Crippen molar-refractivity contribution >= 4 is 75.1 Å². The average Bonchev–Trinajstić information content (AvgIpc) is 4.27. The Labute approximate surface area is 467 Å². The Morgan fingerprint density at radius 1 is 0.711 bits per heavy atom. The number of carboxylic acids is 1. The summed E-state index contributed by atoms with van der Waals surface area (Å²) in [4.78, 5) is 142. The summed E-state index contributed by atoms with van der Waals surface area (Å²) in [7, 11) is 2.11. The molecule has 2 aliphatic rings. The third-order valence-electron chi connectivity index (χ3n) is 13.2. The lowest BCUT2D eigenvalue weighted by atomic mass is 9.90. The van der Waals surface area contributed by atoms with Crippen LogP contribution < -0.4 is 31.4 Å². The highest BCUT2D eigenvalue weighted by Gasteiger charge is 2.41. The number of ether oxygens (including phenoxy) is 3. The second-order valence-electron chi connectivity index (χ2n) is 18.7. The maximum Gasteiger partial charge on any atom is 0.472 e. The van der Waals surface area contributed by atoms with Gasteiger partial charge >= 0.3 is 30.0 Å². The zero-order valence-corrected chi connectivity index (χ0v) is 43.9. The molecule has 0 bridgehead atoms. The normalized spacial score (nSPS) is 12.8. The van der Waals surface area contributed by atoms with Crippen molar-refractivity contribution in [2.75, 3.05) is 20.8 Å². The van der Waals surface area contributed by atoms with E-state index in [-0.39, 0.29) is 45.5 Å². The molecule has 1 aliphatic carbocycles. The van der Waals surface area contributed by atoms with E-state index in [0.29, 0.717) is 32.4 Å². The lowest BCUT2D eigenvalue weighted by Crippen LogP contribution is -2.58. The fourth-order valence-electron chi connectivity index (χ4n) is 9.12. The van der Waals surface area contributed by atoms with Crippen LogP contribution in [-0.4, -0.2) is 124 Å². The van der Waals surface area contributed by atoms with Crippen molar-refractivity contribution in [1.29, 1.82) is 0 Å². The molecule has 0 radical (unpaired) electrons. The number of carboxylic acid groups (broad SMARTS) is 1. The van der Waals surface area contributed by atoms with E-state index in [4.69, 9.17) is 18.6 Å². The van der Waals surface area contributed by atoms with Crippen LogP contribution in [0.3, 0.4) is 0 Å². The van der Waals surface area contributed by atoms with Crippen LogP contribution in [0.25, 0.3) is 44.3 Å². The number of fused-ring (bicyclic) bond motifs is 3. The molecule has 4 aromatic carbocycles. The molecule has 0 spiro atoms. The number of nitrogens with zero attached hydrogens (tertiary/aromatic N) is 2. The molecule has 2 aromatic heterocycles. The molecule has 22 nitrogen and oxygen atoms in total. The molecule has 8 rings (SSSR count). The molecule has 1 aliphatic heterocycles. The summed E-state index contributed by atoms with van der Waals surface area (Å²) in [5.74, 6) is -10.4. The fraction of sp³-hybridized carbons (Fsp3) is 0.224. The van der Waals surface area contributed by atoms with Gasteiger partial charge in [-0.25, -0.2) is 9.78 Å². The highest BCUT2D eigenvalue weighted by molar-refractivity contribution is 6.09. The summed E-state index contributed by atoms with van der Waals surface area (Å²) in [6.45, 7) is -0.613. The minimum absolute atomic E-state index is 0.0380. The number of ketones is 1. The second kappa shape index (κ2) is 25.8. The van der Waals surface area contributed by atoms with Crippen molar-refractivity contribution in [3.8, 4) is 28.2 Å². The Hall–Kier alpha value is -10.5. The van der Waals surface area contributed by atoms with E-state index >= 15 is 0 Å². The van der Waals surface area contributed by atoms with E-state index in [0.717, 1.165) is 26.5 Å². The number of amides is 4. The second-order valence-corrected chi connectivity index (χ2v) is 18.7. The predicted octanol–water partition coefficient (Wildman–Crippen LogP) is 5.35. The number of alkyl halides is 3. The van der Waals surface area contributed by atoms with E-state index in [1.165, 1.54) is 67.1 Å². The van der Waals surface area contributed by atoms with Gasteiger partial charge in [0.2, 0.25) is 17.7 Å². The molecule has 83 heavy (non-hydrogen) atoms. The molecular weight excluding hydrogens is 1090 g/mol. The van der Waals surface area contributed by atoms with Gasteiger partial charge in [0.15, 0.2) is 11.2 Å². The summed E-state index contributed by atoms with van der Waals surface area (Å²) in [5.41, 5.74) is -0.151. The van der Waals surface area contributed by atoms with Gasteiger partial charge in [-0.3, -0.25) is 47.7 Å². The van der Waals surface area contributed by atoms with Crippen molar-refractivity contribution < 1.29 is 80.1 Å². The minimum Gasteiger partial charge on any atom is -0.486 e. The standard InChI is InChI=1S/C58H50F3N7O15/c1-80-49(71)21-20-41(53(74)67-44(24-33-27-62-30-63-33)55(76)65-42(26-50(72)81-2)46(70)29-82-35-10-4-3-5-11-35)64-54(75)43(23-32-28-68(57(79)58(59,60)61)45-14-8-6-12-36(32)45)66-52(73)31-16-18-37(40(22-31)56(77)78)51-38-13-7-9-15-47(38)83-48-25-34(69)17-19-39(48)51/h3-19,22,25,27-28,30,41-44H,20-21,23-24,26,29H2,1-2H3,(H,62,63)(H,64,75)(H,65,76)(H,66,73)(H,67,74)(H,77,78). The largest absolute Gasteiger partial charge is 0.486 e. The average molecular weight is 1140 g/mol. The van der Waals surface area contributed by atoms with Crippen molar-refractivity contribution in [2.24, 2.45) is 0 Å². The zero-order valence-electron chi connectivity index (χ0n) is 43.9. The molecule has 428 valence electrons. The summed E-state index contributed by atoms with van der Waals surface area (Å²) in [6.07, 6.45) is -4.74. The number of aromatic carboxylic acids is 1. The number of methoxy groups -OCH3 is 2. The Bertz CT molecular complexity index is 3800. The van der Waals surface area contributed by atoms with E-state index in [9.17, 15) is 66.2 Å². The molecule has 0 saturated heterocycles. The van der Waals surface area contributed by atoms with Gasteiger partial charge in [-0.1, -0.05) is 60.7 Å². The van der Waals surface area contributed by atoms with E-state index in [1.54, 1.807) is 54.6 Å². The van der Waals surface area contributed by atoms with Crippen molar-refractivity contribution in [1.82, 2.24) is 35.8 Å². The lowest BCUT2D eigenvalue weighted by molar-refractivity contribution is -0.144. The first kappa shape index (κ1) is 58.7. The van der Waals surface area contributed by atoms with Gasteiger partial charge in [0.1, 0.15) is 47.9 Å². The van der Waals surface area contributed by atoms with Crippen LogP contribution in [0.5, 0.6) is 5.75 Å². The number of Topliss-reactive ketones (excluding diaryl/α,β-unsaturated/α-hetero) is 1. The molecule has 4 atom stereocenters. The molecule has 0 fully saturated rings. The number of halogens is 3. The summed E-state index contributed by atoms with van der Waals surface area (Å²) in [5, 5.41) is 21.1. The monoisotopic (exact) mass is 1140 g/mol. The molecule has 4 unspecified atom stereocenters. The smallest absolute Gasteiger partial charge is 0.472 e.